The number of nitrogens with one attached hydrogen (secondary N) is 2. The van der Waals surface area contributed by atoms with Crippen LogP contribution in [0, 0.1) is 17.6 Å². The van der Waals surface area contributed by atoms with Crippen molar-refractivity contribution in [1.29, 1.82) is 0 Å². The van der Waals surface area contributed by atoms with Crippen molar-refractivity contribution in [3.63, 3.8) is 0 Å². The highest BCUT2D eigenvalue weighted by Crippen LogP contribution is 2.45. The molecule has 11 heteroatoms. The molecule has 3 aliphatic rings. The molecule has 1 fully saturated rings. The predicted octanol–water partition coefficient (Wildman–Crippen LogP) is 7.94. The number of hydrogen-bond donors (Lipinski definition) is 2. The molecule has 3 unspecified atom stereocenters. The Morgan fingerprint density at radius 3 is 2.64 bits per heavy atom. The summed E-state index contributed by atoms with van der Waals surface area (Å²) in [6.45, 7) is 2.27. The lowest BCUT2D eigenvalue weighted by molar-refractivity contribution is -0.140. The summed E-state index contributed by atoms with van der Waals surface area (Å²) in [5, 5.41) is 3.01. The van der Waals surface area contributed by atoms with Crippen LogP contribution in [0.1, 0.15) is 76.9 Å². The van der Waals surface area contributed by atoms with Crippen molar-refractivity contribution >= 4 is 16.9 Å². The van der Waals surface area contributed by atoms with Crippen molar-refractivity contribution in [2.45, 2.75) is 50.1 Å². The molecule has 232 valence electrons. The molecule has 45 heavy (non-hydrogen) atoms. The van der Waals surface area contributed by atoms with E-state index in [4.69, 9.17) is 4.74 Å². The van der Waals surface area contributed by atoms with E-state index < -0.39 is 34.9 Å². The van der Waals surface area contributed by atoms with Gasteiger partial charge in [-0.25, -0.2) is 18.7 Å². The largest absolute Gasteiger partial charge is 0.490 e. The second-order valence-electron chi connectivity index (χ2n) is 12.0. The molecule has 0 bridgehead atoms. The molecule has 1 aliphatic heterocycles. The number of fused-ring (bicyclic) bond motifs is 2. The van der Waals surface area contributed by atoms with Gasteiger partial charge in [0.05, 0.1) is 23.2 Å². The van der Waals surface area contributed by atoms with Crippen LogP contribution in [0.4, 0.5) is 22.0 Å². The summed E-state index contributed by atoms with van der Waals surface area (Å²) in [6, 6.07) is 7.79. The number of aromatic nitrogens is 3. The summed E-state index contributed by atoms with van der Waals surface area (Å²) >= 11 is 0. The van der Waals surface area contributed by atoms with Crippen LogP contribution in [0.25, 0.3) is 22.3 Å². The van der Waals surface area contributed by atoms with E-state index in [1.165, 1.54) is 0 Å². The summed E-state index contributed by atoms with van der Waals surface area (Å²) in [5.41, 5.74) is 0.918. The number of allylic oxidation sites excluding steroid dienone is 4. The van der Waals surface area contributed by atoms with Gasteiger partial charge in [0.15, 0.2) is 0 Å². The molecular weight excluding hydrogens is 591 g/mol. The van der Waals surface area contributed by atoms with E-state index in [2.05, 4.69) is 20.3 Å². The molecule has 2 aromatic heterocycles. The van der Waals surface area contributed by atoms with E-state index in [0.29, 0.717) is 35.2 Å². The van der Waals surface area contributed by atoms with Crippen LogP contribution in [-0.4, -0.2) is 34.0 Å². The van der Waals surface area contributed by atoms with Crippen molar-refractivity contribution in [2.75, 3.05) is 13.2 Å². The summed E-state index contributed by atoms with van der Waals surface area (Å²) in [7, 11) is 0. The maximum Gasteiger partial charge on any atom is 0.419 e. The molecule has 4 aromatic rings. The number of carbonyl (C=O) groups excluding carboxylic acids is 1. The molecule has 0 radical (unpaired) electrons. The first-order chi connectivity index (χ1) is 21.6. The fourth-order valence-electron chi connectivity index (χ4n) is 6.11. The minimum absolute atomic E-state index is 0.119. The molecule has 0 saturated heterocycles. The molecular formula is C34H29F5N4O2. The van der Waals surface area contributed by atoms with Gasteiger partial charge in [0.1, 0.15) is 28.9 Å². The monoisotopic (exact) mass is 620 g/mol. The van der Waals surface area contributed by atoms with E-state index in [1.54, 1.807) is 18.2 Å². The van der Waals surface area contributed by atoms with Crippen LogP contribution in [0.2, 0.25) is 0 Å². The van der Waals surface area contributed by atoms with Crippen LogP contribution in [-0.2, 0) is 6.18 Å². The molecule has 7 rings (SSSR count). The maximum atomic E-state index is 15.2. The first-order valence-electron chi connectivity index (χ1n) is 14.9. The van der Waals surface area contributed by atoms with Crippen LogP contribution in [0.15, 0.2) is 60.7 Å². The number of halogens is 5. The number of hydrogen-bond acceptors (Lipinski definition) is 4. The standard InChI is InChI=1S/C34H29F5N4O2/c1-17-16-45-31-21(17)13-28(41-30(31)22-12-24(34(37,38)39)26(36)14-25(22)35)23(18-5-3-2-4-6-18)15-40-33(44)20-9-10-27-29(11-20)43-32(42-27)19-7-8-19/h2-5,9-14,17-19,23H,6-8,15-16H2,1H3,(H,40,44)(H,42,43). The quantitative estimate of drug-likeness (QED) is 0.206. The fraction of sp³-hybridized carbons (Fsp3) is 0.324. The Morgan fingerprint density at radius 1 is 1.09 bits per heavy atom. The van der Waals surface area contributed by atoms with Gasteiger partial charge in [-0.3, -0.25) is 4.79 Å². The highest BCUT2D eigenvalue weighted by molar-refractivity contribution is 5.97. The molecule has 2 aromatic carbocycles. The Kier molecular flexibility index (Phi) is 7.21. The highest BCUT2D eigenvalue weighted by atomic mass is 19.4. The van der Waals surface area contributed by atoms with Crippen LogP contribution >= 0.6 is 0 Å². The molecule has 2 N–H and O–H groups in total. The zero-order valence-electron chi connectivity index (χ0n) is 24.2. The molecule has 2 aliphatic carbocycles. The molecule has 3 atom stereocenters. The summed E-state index contributed by atoms with van der Waals surface area (Å²) in [4.78, 5) is 26.0. The van der Waals surface area contributed by atoms with Crippen LogP contribution in [0.5, 0.6) is 5.75 Å². The fourth-order valence-corrected chi connectivity index (χ4v) is 6.11. The number of carbonyl (C=O) groups is 1. The van der Waals surface area contributed by atoms with E-state index >= 15 is 4.39 Å². The average Bonchev–Trinajstić information content (AvgIpc) is 3.67. The SMILES string of the molecule is CC1COc2c1cc(C(CNC(=O)c1ccc3nc(C4CC4)[nH]c3c1)C1C=CC=CC1)nc2-c1cc(C(F)(F)F)c(F)cc1F. The molecule has 1 amide bonds. The average molecular weight is 621 g/mol. The Labute approximate surface area is 255 Å². The first kappa shape index (κ1) is 29.2. The molecule has 3 heterocycles. The van der Waals surface area contributed by atoms with Gasteiger partial charge < -0.3 is 15.0 Å². The van der Waals surface area contributed by atoms with Crippen LogP contribution < -0.4 is 10.1 Å². The van der Waals surface area contributed by atoms with Gasteiger partial charge in [0, 0.05) is 52.7 Å². The number of nitrogens with zero attached hydrogens (tertiary/aromatic N) is 2. The van der Waals surface area contributed by atoms with Crippen molar-refractivity contribution < 1.29 is 31.5 Å². The third kappa shape index (κ3) is 5.60. The lowest BCUT2D eigenvalue weighted by atomic mass is 9.83. The smallest absolute Gasteiger partial charge is 0.419 e. The Morgan fingerprint density at radius 2 is 1.91 bits per heavy atom. The van der Waals surface area contributed by atoms with Gasteiger partial charge in [0.25, 0.3) is 5.91 Å². The van der Waals surface area contributed by atoms with Crippen molar-refractivity contribution in [3.05, 3.63) is 101 Å². The first-order valence-corrected chi connectivity index (χ1v) is 14.9. The molecule has 1 saturated carbocycles. The summed E-state index contributed by atoms with van der Waals surface area (Å²) < 4.78 is 76.1. The van der Waals surface area contributed by atoms with Gasteiger partial charge in [-0.1, -0.05) is 31.2 Å². The Bertz CT molecular complexity index is 1870. The zero-order chi connectivity index (χ0) is 31.5. The zero-order valence-corrected chi connectivity index (χ0v) is 24.2. The lowest BCUT2D eigenvalue weighted by Crippen LogP contribution is -2.32. The predicted molar refractivity (Wildman–Crippen MR) is 158 cm³/mol. The Hall–Kier alpha value is -4.54. The number of benzene rings is 2. The van der Waals surface area contributed by atoms with Crippen molar-refractivity contribution in [3.8, 4) is 17.0 Å². The van der Waals surface area contributed by atoms with Gasteiger partial charge in [-0.15, -0.1) is 0 Å². The number of aromatic amines is 1. The molecule has 0 spiro atoms. The van der Waals surface area contributed by atoms with E-state index in [9.17, 15) is 22.4 Å². The second kappa shape index (κ2) is 11.1. The minimum Gasteiger partial charge on any atom is -0.490 e. The lowest BCUT2D eigenvalue weighted by Gasteiger charge is -2.26. The topological polar surface area (TPSA) is 79.9 Å². The number of rotatable bonds is 7. The highest BCUT2D eigenvalue weighted by Gasteiger charge is 2.37. The maximum absolute atomic E-state index is 15.2. The number of imidazole rings is 1. The number of H-pyrrole nitrogens is 1. The number of amides is 1. The van der Waals surface area contributed by atoms with E-state index in [1.807, 2.05) is 37.3 Å². The normalized spacial score (nSPS) is 19.9. The Balaban J connectivity index is 1.25. The van der Waals surface area contributed by atoms with Gasteiger partial charge in [-0.2, -0.15) is 13.2 Å². The summed E-state index contributed by atoms with van der Waals surface area (Å²) in [6.07, 6.45) is 5.56. The minimum atomic E-state index is -5.04. The van der Waals surface area contributed by atoms with E-state index in [0.717, 1.165) is 29.7 Å². The third-order valence-electron chi connectivity index (χ3n) is 8.77. The van der Waals surface area contributed by atoms with Crippen molar-refractivity contribution in [1.82, 2.24) is 20.3 Å². The van der Waals surface area contributed by atoms with Crippen molar-refractivity contribution in [2.24, 2.45) is 5.92 Å². The second-order valence-corrected chi connectivity index (χ2v) is 12.0. The van der Waals surface area contributed by atoms with Gasteiger partial charge in [0.2, 0.25) is 0 Å². The molecule has 6 nitrogen and oxygen atoms in total. The van der Waals surface area contributed by atoms with Gasteiger partial charge >= 0.3 is 6.18 Å². The summed E-state index contributed by atoms with van der Waals surface area (Å²) in [5.74, 6) is -2.35. The number of alkyl halides is 3. The van der Waals surface area contributed by atoms with Gasteiger partial charge in [-0.05, 0) is 55.5 Å². The van der Waals surface area contributed by atoms with E-state index in [-0.39, 0.29) is 48.4 Å². The number of ether oxygens (including phenoxy) is 1. The van der Waals surface area contributed by atoms with Crippen LogP contribution in [0.3, 0.4) is 0 Å². The number of pyridine rings is 1. The third-order valence-corrected chi connectivity index (χ3v) is 8.77.